The van der Waals surface area contributed by atoms with Gasteiger partial charge in [0.05, 0.1) is 19.8 Å². The largest absolute Gasteiger partial charge is 0.462 e. The van der Waals surface area contributed by atoms with Gasteiger partial charge in [-0.1, -0.05) is 147 Å². The van der Waals surface area contributed by atoms with Crippen LogP contribution in [-0.4, -0.2) is 142 Å². The second-order valence-corrected chi connectivity index (χ2v) is 17.6. The zero-order chi connectivity index (χ0) is 46.8. The number of carbonyl (C=O) groups excluding carboxylic acids is 2. The average molecular weight is 917 g/mol. The molecule has 15 heteroatoms. The highest BCUT2D eigenvalue weighted by Crippen LogP contribution is 2.26. The molecular weight excluding hydrogens is 829 g/mol. The smallest absolute Gasteiger partial charge is 0.306 e. The average Bonchev–Trinajstić information content (AvgIpc) is 3.29. The molecule has 0 saturated carbocycles. The van der Waals surface area contributed by atoms with Crippen molar-refractivity contribution in [2.75, 3.05) is 26.4 Å². The first kappa shape index (κ1) is 58.1. The number of ether oxygens (including phenoxy) is 6. The van der Waals surface area contributed by atoms with Crippen molar-refractivity contribution in [1.82, 2.24) is 0 Å². The van der Waals surface area contributed by atoms with Gasteiger partial charge in [-0.25, -0.2) is 0 Å². The number of rotatable bonds is 38. The molecule has 0 spiro atoms. The molecule has 0 radical (unpaired) electrons. The molecule has 0 bridgehead atoms. The van der Waals surface area contributed by atoms with Crippen molar-refractivity contribution in [1.29, 1.82) is 0 Å². The molecule has 11 atom stereocenters. The van der Waals surface area contributed by atoms with Crippen LogP contribution in [0.1, 0.15) is 181 Å². The van der Waals surface area contributed by atoms with Gasteiger partial charge >= 0.3 is 11.9 Å². The number of aliphatic hydroxyl groups is 7. The van der Waals surface area contributed by atoms with Crippen molar-refractivity contribution in [3.63, 3.8) is 0 Å². The lowest BCUT2D eigenvalue weighted by molar-refractivity contribution is -0.332. The fraction of sp³-hybridized carbons (Fsp3) is 0.878. The lowest BCUT2D eigenvalue weighted by Gasteiger charge is -2.42. The van der Waals surface area contributed by atoms with E-state index in [1.165, 1.54) is 77.0 Å². The number of unbranched alkanes of at least 4 members (excludes halogenated alkanes) is 20. The van der Waals surface area contributed by atoms with E-state index in [4.69, 9.17) is 28.4 Å². The topological polar surface area (TPSA) is 231 Å². The zero-order valence-electron chi connectivity index (χ0n) is 39.3. The van der Waals surface area contributed by atoms with E-state index >= 15 is 0 Å². The molecule has 0 aromatic rings. The van der Waals surface area contributed by atoms with E-state index in [0.29, 0.717) is 12.8 Å². The Labute approximate surface area is 383 Å². The van der Waals surface area contributed by atoms with Crippen LogP contribution >= 0.6 is 0 Å². The lowest BCUT2D eigenvalue weighted by Crippen LogP contribution is -2.61. The van der Waals surface area contributed by atoms with Crippen LogP contribution in [0.3, 0.4) is 0 Å². The minimum atomic E-state index is -1.76. The Balaban J connectivity index is 1.83. The Bertz CT molecular complexity index is 1220. The van der Waals surface area contributed by atoms with Crippen molar-refractivity contribution in [3.8, 4) is 0 Å². The number of carbonyl (C=O) groups is 2. The highest BCUT2D eigenvalue weighted by molar-refractivity contribution is 5.70. The van der Waals surface area contributed by atoms with E-state index in [2.05, 4.69) is 38.2 Å². The van der Waals surface area contributed by atoms with Gasteiger partial charge in [0, 0.05) is 12.8 Å². The Morgan fingerprint density at radius 2 is 0.938 bits per heavy atom. The molecule has 0 unspecified atom stereocenters. The molecule has 2 rings (SSSR count). The van der Waals surface area contributed by atoms with Crippen molar-refractivity contribution in [2.45, 2.75) is 248 Å². The Hall–Kier alpha value is -2.02. The van der Waals surface area contributed by atoms with Gasteiger partial charge in [-0.2, -0.15) is 0 Å². The second kappa shape index (κ2) is 37.0. The van der Waals surface area contributed by atoms with Gasteiger partial charge < -0.3 is 64.2 Å². The molecule has 0 amide bonds. The Kier molecular flexibility index (Phi) is 33.6. The van der Waals surface area contributed by atoms with Crippen LogP contribution in [0.15, 0.2) is 24.3 Å². The summed E-state index contributed by atoms with van der Waals surface area (Å²) >= 11 is 0. The first-order valence-corrected chi connectivity index (χ1v) is 24.9. The number of aliphatic hydroxyl groups excluding tert-OH is 7. The molecule has 2 heterocycles. The number of esters is 2. The van der Waals surface area contributed by atoms with E-state index in [9.17, 15) is 45.3 Å². The lowest BCUT2D eigenvalue weighted by atomic mass is 9.98. The quantitative estimate of drug-likeness (QED) is 0.0203. The Morgan fingerprint density at radius 3 is 1.48 bits per heavy atom. The molecule has 2 fully saturated rings. The molecule has 15 nitrogen and oxygen atoms in total. The Morgan fingerprint density at radius 1 is 0.500 bits per heavy atom. The van der Waals surface area contributed by atoms with Gasteiger partial charge in [-0.05, 0) is 44.9 Å². The predicted octanol–water partition coefficient (Wildman–Crippen LogP) is 6.38. The van der Waals surface area contributed by atoms with Gasteiger partial charge in [0.2, 0.25) is 0 Å². The van der Waals surface area contributed by atoms with E-state index in [1.807, 2.05) is 0 Å². The minimum absolute atomic E-state index is 0.152. The van der Waals surface area contributed by atoms with Crippen LogP contribution in [0.25, 0.3) is 0 Å². The summed E-state index contributed by atoms with van der Waals surface area (Å²) in [5, 5.41) is 72.0. The molecule has 2 saturated heterocycles. The van der Waals surface area contributed by atoms with Gasteiger partial charge in [0.15, 0.2) is 18.7 Å². The van der Waals surface area contributed by atoms with Crippen LogP contribution < -0.4 is 0 Å². The number of hydrogen-bond acceptors (Lipinski definition) is 15. The van der Waals surface area contributed by atoms with Gasteiger partial charge in [0.1, 0.15) is 55.4 Å². The number of allylic oxidation sites excluding steroid dienone is 4. The summed E-state index contributed by atoms with van der Waals surface area (Å²) in [6.07, 6.45) is 19.2. The summed E-state index contributed by atoms with van der Waals surface area (Å²) in [4.78, 5) is 25.7. The first-order chi connectivity index (χ1) is 31.0. The second-order valence-electron chi connectivity index (χ2n) is 17.6. The van der Waals surface area contributed by atoms with Crippen LogP contribution in [0, 0.1) is 0 Å². The van der Waals surface area contributed by atoms with Crippen LogP contribution in [0.5, 0.6) is 0 Å². The first-order valence-electron chi connectivity index (χ1n) is 24.9. The van der Waals surface area contributed by atoms with Crippen molar-refractivity contribution >= 4 is 11.9 Å². The van der Waals surface area contributed by atoms with Gasteiger partial charge in [-0.3, -0.25) is 9.59 Å². The maximum Gasteiger partial charge on any atom is 0.306 e. The highest BCUT2D eigenvalue weighted by atomic mass is 16.7. The fourth-order valence-electron chi connectivity index (χ4n) is 7.78. The van der Waals surface area contributed by atoms with E-state index in [1.54, 1.807) is 0 Å². The molecule has 2 aliphatic heterocycles. The molecule has 0 aromatic carbocycles. The molecule has 374 valence electrons. The van der Waals surface area contributed by atoms with E-state index in [0.717, 1.165) is 64.2 Å². The van der Waals surface area contributed by atoms with Gasteiger partial charge in [0.25, 0.3) is 0 Å². The van der Waals surface area contributed by atoms with Crippen LogP contribution in [0.4, 0.5) is 0 Å². The molecule has 64 heavy (non-hydrogen) atoms. The monoisotopic (exact) mass is 917 g/mol. The summed E-state index contributed by atoms with van der Waals surface area (Å²) in [5.41, 5.74) is 0. The molecular formula is C49H88O15. The standard InChI is InChI=1S/C49H88O15/c1-3-5-7-9-11-13-15-17-18-20-22-24-26-28-30-32-41(52)62-37(34-59-40(51)31-29-27-25-23-21-19-16-14-12-10-8-6-4-2)35-60-48-47(58)45(56)43(54)39(64-48)36-61-49-46(57)44(55)42(53)38(33-50)63-49/h11,13,17-18,37-39,42-50,53-58H,3-10,12,14-16,19-36H2,1-2H3/b13-11+,18-17+/t37-,38-,39-,42+,43+,44+,45+,46-,47-,48-,49+/m1/s1. The normalized spacial score (nSPS) is 26.8. The van der Waals surface area contributed by atoms with Crippen molar-refractivity contribution < 1.29 is 73.8 Å². The molecule has 0 aliphatic carbocycles. The van der Waals surface area contributed by atoms with E-state index in [-0.39, 0.29) is 26.1 Å². The SMILES string of the molecule is CCCCC/C=C/C/C=C/CCCCCCCC(=O)O[C@H](COC(=O)CCCCCCCCCCCCCCC)CO[C@@H]1O[C@H](CO[C@H]2O[C@H](CO)[C@H](O)[C@H](O)[C@H]2O)[C@H](O)[C@H](O)[C@H]1O. The summed E-state index contributed by atoms with van der Waals surface area (Å²) in [5.74, 6) is -0.936. The van der Waals surface area contributed by atoms with Crippen molar-refractivity contribution in [2.24, 2.45) is 0 Å². The highest BCUT2D eigenvalue weighted by Gasteiger charge is 2.47. The fourth-order valence-corrected chi connectivity index (χ4v) is 7.78. The third kappa shape index (κ3) is 25.2. The summed E-state index contributed by atoms with van der Waals surface area (Å²) in [6, 6.07) is 0. The third-order valence-corrected chi connectivity index (χ3v) is 11.9. The molecule has 7 N–H and O–H groups in total. The zero-order valence-corrected chi connectivity index (χ0v) is 39.3. The van der Waals surface area contributed by atoms with Gasteiger partial charge in [-0.15, -0.1) is 0 Å². The van der Waals surface area contributed by atoms with Crippen molar-refractivity contribution in [3.05, 3.63) is 24.3 Å². The molecule has 0 aromatic heterocycles. The number of hydrogen-bond donors (Lipinski definition) is 7. The minimum Gasteiger partial charge on any atom is -0.462 e. The predicted molar refractivity (Wildman–Crippen MR) is 243 cm³/mol. The molecule has 2 aliphatic rings. The summed E-state index contributed by atoms with van der Waals surface area (Å²) in [7, 11) is 0. The van der Waals surface area contributed by atoms with Crippen LogP contribution in [0.2, 0.25) is 0 Å². The summed E-state index contributed by atoms with van der Waals surface area (Å²) in [6.45, 7) is 2.55. The maximum atomic E-state index is 13.0. The third-order valence-electron chi connectivity index (χ3n) is 11.9. The summed E-state index contributed by atoms with van der Waals surface area (Å²) < 4.78 is 33.5. The van der Waals surface area contributed by atoms with E-state index < -0.39 is 92.7 Å². The van der Waals surface area contributed by atoms with Crippen LogP contribution in [-0.2, 0) is 38.0 Å². The maximum absolute atomic E-state index is 13.0.